The van der Waals surface area contributed by atoms with E-state index in [2.05, 4.69) is 5.16 Å². The molecule has 2 rings (SSSR count). The van der Waals surface area contributed by atoms with Crippen molar-refractivity contribution in [3.63, 3.8) is 0 Å². The molecule has 110 valence electrons. The van der Waals surface area contributed by atoms with Gasteiger partial charge in [0.15, 0.2) is 5.84 Å². The van der Waals surface area contributed by atoms with E-state index in [1.165, 1.54) is 0 Å². The van der Waals surface area contributed by atoms with Crippen molar-refractivity contribution in [2.75, 3.05) is 5.75 Å². The molecule has 0 aliphatic rings. The highest BCUT2D eigenvalue weighted by Crippen LogP contribution is 2.33. The molecule has 3 N–H and O–H groups in total. The van der Waals surface area contributed by atoms with E-state index in [0.29, 0.717) is 22.1 Å². The van der Waals surface area contributed by atoms with Crippen LogP contribution < -0.4 is 10.5 Å². The number of benzene rings is 2. The summed E-state index contributed by atoms with van der Waals surface area (Å²) in [4.78, 5) is 0.902. The van der Waals surface area contributed by atoms with Crippen LogP contribution in [0.3, 0.4) is 0 Å². The fraction of sp³-hybridized carbons (Fsp3) is 0.133. The van der Waals surface area contributed by atoms with Crippen LogP contribution in [0.4, 0.5) is 0 Å². The third-order valence-electron chi connectivity index (χ3n) is 2.69. The monoisotopic (exact) mass is 322 g/mol. The quantitative estimate of drug-likeness (QED) is 0.282. The molecule has 0 heterocycles. The molecule has 0 spiro atoms. The lowest BCUT2D eigenvalue weighted by molar-refractivity contribution is 0.318. The zero-order valence-corrected chi connectivity index (χ0v) is 13.0. The molecule has 2 aromatic carbocycles. The number of hydrogen-bond donors (Lipinski definition) is 2. The Kier molecular flexibility index (Phi) is 5.36. The van der Waals surface area contributed by atoms with E-state index in [0.717, 1.165) is 10.6 Å². The molecule has 0 saturated heterocycles. The van der Waals surface area contributed by atoms with E-state index < -0.39 is 0 Å². The van der Waals surface area contributed by atoms with Crippen molar-refractivity contribution in [1.82, 2.24) is 0 Å². The number of hydrogen-bond acceptors (Lipinski definition) is 4. The molecular weight excluding hydrogens is 308 g/mol. The van der Waals surface area contributed by atoms with Crippen molar-refractivity contribution < 1.29 is 9.94 Å². The van der Waals surface area contributed by atoms with Crippen LogP contribution >= 0.6 is 23.4 Å². The lowest BCUT2D eigenvalue weighted by Gasteiger charge is -2.13. The van der Waals surface area contributed by atoms with Crippen LogP contribution in [0, 0.1) is 0 Å². The van der Waals surface area contributed by atoms with Gasteiger partial charge in [0.1, 0.15) is 11.5 Å². The predicted molar refractivity (Wildman–Crippen MR) is 86.9 cm³/mol. The van der Waals surface area contributed by atoms with Crippen LogP contribution in [0.2, 0.25) is 5.02 Å². The second kappa shape index (κ2) is 7.24. The molecule has 0 aliphatic carbocycles. The molecular formula is C15H15ClN2O2S. The first-order chi connectivity index (χ1) is 10.2. The first-order valence-corrected chi connectivity index (χ1v) is 7.69. The first kappa shape index (κ1) is 15.5. The topological polar surface area (TPSA) is 67.8 Å². The summed E-state index contributed by atoms with van der Waals surface area (Å²) in [7, 11) is 0. The van der Waals surface area contributed by atoms with Crippen LogP contribution in [0.15, 0.2) is 52.5 Å². The molecule has 0 unspecified atom stereocenters. The molecule has 0 bridgehead atoms. The molecule has 0 saturated carbocycles. The summed E-state index contributed by atoms with van der Waals surface area (Å²) < 4.78 is 5.83. The molecule has 4 nitrogen and oxygen atoms in total. The van der Waals surface area contributed by atoms with Crippen LogP contribution in [0.25, 0.3) is 0 Å². The number of halogens is 1. The van der Waals surface area contributed by atoms with Gasteiger partial charge in [-0.05, 0) is 42.2 Å². The average molecular weight is 323 g/mol. The standard InChI is InChI=1S/C15H15ClN2O2S/c1-2-21-13-5-3-4-12(14(13)15(17)18-19)20-11-8-6-10(16)7-9-11/h3-9,19H,2H2,1H3,(H2,17,18). The van der Waals surface area contributed by atoms with Crippen molar-refractivity contribution in [3.05, 3.63) is 53.1 Å². The van der Waals surface area contributed by atoms with E-state index >= 15 is 0 Å². The van der Waals surface area contributed by atoms with Gasteiger partial charge >= 0.3 is 0 Å². The Morgan fingerprint density at radius 2 is 2.00 bits per heavy atom. The van der Waals surface area contributed by atoms with Crippen LogP contribution in [-0.4, -0.2) is 16.8 Å². The molecule has 21 heavy (non-hydrogen) atoms. The predicted octanol–water partition coefficient (Wildman–Crippen LogP) is 4.34. The number of rotatable bonds is 5. The van der Waals surface area contributed by atoms with Crippen LogP contribution in [0.1, 0.15) is 12.5 Å². The zero-order valence-electron chi connectivity index (χ0n) is 11.4. The van der Waals surface area contributed by atoms with Gasteiger partial charge in [0.2, 0.25) is 0 Å². The van der Waals surface area contributed by atoms with Crippen molar-refractivity contribution in [3.8, 4) is 11.5 Å². The van der Waals surface area contributed by atoms with Gasteiger partial charge in [-0.25, -0.2) is 0 Å². The summed E-state index contributed by atoms with van der Waals surface area (Å²) >= 11 is 7.45. The largest absolute Gasteiger partial charge is 0.457 e. The van der Waals surface area contributed by atoms with Crippen LogP contribution in [-0.2, 0) is 0 Å². The number of amidine groups is 1. The third kappa shape index (κ3) is 3.83. The second-order valence-electron chi connectivity index (χ2n) is 4.10. The first-order valence-electron chi connectivity index (χ1n) is 6.32. The van der Waals surface area contributed by atoms with Gasteiger partial charge in [0.05, 0.1) is 5.56 Å². The van der Waals surface area contributed by atoms with Gasteiger partial charge in [0.25, 0.3) is 0 Å². The fourth-order valence-electron chi connectivity index (χ4n) is 1.80. The molecule has 2 aromatic rings. The van der Waals surface area contributed by atoms with Crippen molar-refractivity contribution >= 4 is 29.2 Å². The summed E-state index contributed by atoms with van der Waals surface area (Å²) in [6, 6.07) is 12.6. The lowest BCUT2D eigenvalue weighted by atomic mass is 10.2. The van der Waals surface area contributed by atoms with Gasteiger partial charge in [-0.1, -0.05) is 29.7 Å². The number of nitrogens with two attached hydrogens (primary N) is 1. The lowest BCUT2D eigenvalue weighted by Crippen LogP contribution is -2.15. The van der Waals surface area contributed by atoms with E-state index in [-0.39, 0.29) is 5.84 Å². The van der Waals surface area contributed by atoms with Gasteiger partial charge in [-0.3, -0.25) is 0 Å². The summed E-state index contributed by atoms with van der Waals surface area (Å²) in [5, 5.41) is 12.7. The Morgan fingerprint density at radius 3 is 2.62 bits per heavy atom. The molecule has 0 amide bonds. The molecule has 0 fully saturated rings. The third-order valence-corrected chi connectivity index (χ3v) is 3.89. The number of thioether (sulfide) groups is 1. The summed E-state index contributed by atoms with van der Waals surface area (Å²) in [6.07, 6.45) is 0. The van der Waals surface area contributed by atoms with E-state index in [9.17, 15) is 0 Å². The maximum Gasteiger partial charge on any atom is 0.175 e. The minimum absolute atomic E-state index is 0.0236. The van der Waals surface area contributed by atoms with Crippen LogP contribution in [0.5, 0.6) is 11.5 Å². The molecule has 0 atom stereocenters. The Bertz CT molecular complexity index is 645. The van der Waals surface area contributed by atoms with E-state index in [1.807, 2.05) is 19.1 Å². The highest BCUT2D eigenvalue weighted by Gasteiger charge is 2.15. The zero-order chi connectivity index (χ0) is 15.2. The highest BCUT2D eigenvalue weighted by molar-refractivity contribution is 7.99. The Hall–Kier alpha value is -1.85. The molecule has 0 aromatic heterocycles. The van der Waals surface area contributed by atoms with Gasteiger partial charge in [-0.2, -0.15) is 0 Å². The SMILES string of the molecule is CCSc1cccc(Oc2ccc(Cl)cc2)c1/C(N)=N/O. The summed E-state index contributed by atoms with van der Waals surface area (Å²) in [5.74, 6) is 2.06. The van der Waals surface area contributed by atoms with E-state index in [1.54, 1.807) is 42.1 Å². The van der Waals surface area contributed by atoms with Gasteiger partial charge in [-0.15, -0.1) is 11.8 Å². The highest BCUT2D eigenvalue weighted by atomic mass is 35.5. The number of ether oxygens (including phenoxy) is 1. The summed E-state index contributed by atoms with van der Waals surface area (Å²) in [5.41, 5.74) is 6.37. The Morgan fingerprint density at radius 1 is 1.29 bits per heavy atom. The maximum absolute atomic E-state index is 8.99. The maximum atomic E-state index is 8.99. The van der Waals surface area contributed by atoms with Crippen molar-refractivity contribution in [2.24, 2.45) is 10.9 Å². The molecule has 6 heteroatoms. The minimum Gasteiger partial charge on any atom is -0.457 e. The minimum atomic E-state index is 0.0236. The Balaban J connectivity index is 2.42. The van der Waals surface area contributed by atoms with E-state index in [4.69, 9.17) is 27.3 Å². The van der Waals surface area contributed by atoms with Crippen molar-refractivity contribution in [1.29, 1.82) is 0 Å². The second-order valence-corrected chi connectivity index (χ2v) is 5.85. The molecule has 0 aliphatic heterocycles. The fourth-order valence-corrected chi connectivity index (χ4v) is 2.77. The Labute approximate surface area is 132 Å². The normalized spacial score (nSPS) is 11.4. The number of oxime groups is 1. The number of nitrogens with zero attached hydrogens (tertiary/aromatic N) is 1. The van der Waals surface area contributed by atoms with Crippen molar-refractivity contribution in [2.45, 2.75) is 11.8 Å². The smallest absolute Gasteiger partial charge is 0.175 e. The molecule has 0 radical (unpaired) electrons. The van der Waals surface area contributed by atoms with Gasteiger partial charge < -0.3 is 15.7 Å². The van der Waals surface area contributed by atoms with Gasteiger partial charge in [0, 0.05) is 9.92 Å². The summed E-state index contributed by atoms with van der Waals surface area (Å²) in [6.45, 7) is 2.04. The average Bonchev–Trinajstić information content (AvgIpc) is 2.49.